The molecule has 2 aromatic carbocycles. The van der Waals surface area contributed by atoms with Gasteiger partial charge in [-0.1, -0.05) is 39.8 Å². The van der Waals surface area contributed by atoms with Gasteiger partial charge in [0, 0.05) is 21.9 Å². The van der Waals surface area contributed by atoms with Gasteiger partial charge in [-0.15, -0.1) is 0 Å². The van der Waals surface area contributed by atoms with E-state index in [0.717, 1.165) is 28.7 Å². The Morgan fingerprint density at radius 3 is 1.90 bits per heavy atom. The zero-order chi connectivity index (χ0) is 21.4. The van der Waals surface area contributed by atoms with Crippen LogP contribution in [-0.4, -0.2) is 35.6 Å². The van der Waals surface area contributed by atoms with Crippen LogP contribution in [0.5, 0.6) is 11.5 Å². The van der Waals surface area contributed by atoms with Crippen LogP contribution in [0.15, 0.2) is 18.2 Å². The summed E-state index contributed by atoms with van der Waals surface area (Å²) >= 11 is 0. The first-order chi connectivity index (χ1) is 14.5. The zero-order valence-electron chi connectivity index (χ0n) is 18.8. The molecule has 4 rings (SSSR count). The van der Waals surface area contributed by atoms with Crippen molar-refractivity contribution < 1.29 is 19.7 Å². The van der Waals surface area contributed by atoms with Gasteiger partial charge in [-0.05, 0) is 61.5 Å². The van der Waals surface area contributed by atoms with E-state index in [4.69, 9.17) is 9.47 Å². The summed E-state index contributed by atoms with van der Waals surface area (Å²) in [6.45, 7) is 9.09. The van der Waals surface area contributed by atoms with Crippen LogP contribution in [0.1, 0.15) is 81.9 Å². The van der Waals surface area contributed by atoms with Gasteiger partial charge in [0.05, 0.1) is 12.2 Å². The van der Waals surface area contributed by atoms with Gasteiger partial charge in [0.2, 0.25) is 0 Å². The fourth-order valence-electron chi connectivity index (χ4n) is 5.35. The Balaban J connectivity index is 1.91. The normalized spacial score (nSPS) is 24.1. The minimum atomic E-state index is -0.461. The molecule has 4 heteroatoms. The Kier molecular flexibility index (Phi) is 6.26. The molecule has 2 bridgehead atoms. The molecule has 0 amide bonds. The average molecular weight is 413 g/mol. The van der Waals surface area contributed by atoms with E-state index in [1.807, 2.05) is 13.8 Å². The van der Waals surface area contributed by atoms with Crippen molar-refractivity contribution in [3.8, 4) is 11.5 Å². The molecule has 0 radical (unpaired) electrons. The van der Waals surface area contributed by atoms with E-state index in [9.17, 15) is 10.2 Å². The van der Waals surface area contributed by atoms with E-state index in [2.05, 4.69) is 32.0 Å². The van der Waals surface area contributed by atoms with Gasteiger partial charge in [-0.25, -0.2) is 0 Å². The highest BCUT2D eigenvalue weighted by Gasteiger charge is 2.48. The molecule has 0 aromatic heterocycles. The number of benzene rings is 2. The van der Waals surface area contributed by atoms with E-state index >= 15 is 0 Å². The van der Waals surface area contributed by atoms with Gasteiger partial charge in [0.25, 0.3) is 0 Å². The first kappa shape index (κ1) is 21.5. The number of aryl methyl sites for hydroxylation is 1. The van der Waals surface area contributed by atoms with Gasteiger partial charge < -0.3 is 19.7 Å². The summed E-state index contributed by atoms with van der Waals surface area (Å²) in [4.78, 5) is 0. The maximum Gasteiger partial charge on any atom is 0.131 e. The van der Waals surface area contributed by atoms with Crippen LogP contribution in [0.4, 0.5) is 0 Å². The molecule has 2 aromatic rings. The first-order valence-electron chi connectivity index (χ1n) is 11.7. The lowest BCUT2D eigenvalue weighted by molar-refractivity contribution is 0.102. The summed E-state index contributed by atoms with van der Waals surface area (Å²) in [6, 6.07) is 6.55. The Morgan fingerprint density at radius 1 is 0.867 bits per heavy atom. The molecule has 5 unspecified atom stereocenters. The van der Waals surface area contributed by atoms with E-state index < -0.39 is 12.2 Å². The summed E-state index contributed by atoms with van der Waals surface area (Å²) in [6.07, 6.45) is 3.76. The van der Waals surface area contributed by atoms with Gasteiger partial charge in [-0.3, -0.25) is 0 Å². The molecule has 0 spiro atoms. The molecule has 4 nitrogen and oxygen atoms in total. The van der Waals surface area contributed by atoms with E-state index in [0.29, 0.717) is 43.8 Å². The highest BCUT2D eigenvalue weighted by atomic mass is 16.5. The van der Waals surface area contributed by atoms with Crippen molar-refractivity contribution in [1.29, 1.82) is 0 Å². The van der Waals surface area contributed by atoms with E-state index in [-0.39, 0.29) is 0 Å². The molecular weight excluding hydrogens is 376 g/mol. The number of hydrogen-bond donors (Lipinski definition) is 2. The number of rotatable bonds is 9. The highest BCUT2D eigenvalue weighted by Crippen LogP contribution is 2.63. The molecule has 164 valence electrons. The Labute approximate surface area is 180 Å². The lowest BCUT2D eigenvalue weighted by Crippen LogP contribution is -2.19. The van der Waals surface area contributed by atoms with Crippen molar-refractivity contribution in [2.24, 2.45) is 5.92 Å². The van der Waals surface area contributed by atoms with Gasteiger partial charge in [0.15, 0.2) is 0 Å². The van der Waals surface area contributed by atoms with Crippen LogP contribution in [0, 0.1) is 5.92 Å². The molecule has 0 aliphatic heterocycles. The quantitative estimate of drug-likeness (QED) is 0.586. The molecule has 5 atom stereocenters. The van der Waals surface area contributed by atoms with Gasteiger partial charge in [-0.2, -0.15) is 0 Å². The van der Waals surface area contributed by atoms with Crippen LogP contribution < -0.4 is 9.47 Å². The lowest BCUT2D eigenvalue weighted by atomic mass is 9.86. The van der Waals surface area contributed by atoms with Crippen LogP contribution in [0.2, 0.25) is 0 Å². The number of hydrogen-bond acceptors (Lipinski definition) is 4. The third kappa shape index (κ3) is 3.58. The Hall–Kier alpha value is -1.78. The SMILES string of the molecule is CCc1ccc2c(OCC(O)CC)c3c(c(OCC(O)CC)c2c1)C1CCC3C1C. The fourth-order valence-corrected chi connectivity index (χ4v) is 5.35. The summed E-state index contributed by atoms with van der Waals surface area (Å²) in [7, 11) is 0. The van der Waals surface area contributed by atoms with Crippen molar-refractivity contribution in [3.05, 3.63) is 34.9 Å². The minimum Gasteiger partial charge on any atom is -0.490 e. The number of aliphatic hydroxyl groups is 2. The van der Waals surface area contributed by atoms with Crippen LogP contribution in [-0.2, 0) is 6.42 Å². The topological polar surface area (TPSA) is 58.9 Å². The molecular formula is C26H36O4. The summed E-state index contributed by atoms with van der Waals surface area (Å²) in [5.74, 6) is 3.42. The lowest BCUT2D eigenvalue weighted by Gasteiger charge is -2.26. The van der Waals surface area contributed by atoms with E-state index in [1.165, 1.54) is 29.5 Å². The van der Waals surface area contributed by atoms with Crippen LogP contribution in [0.3, 0.4) is 0 Å². The molecule has 1 fully saturated rings. The standard InChI is InChI=1S/C26H36O4/c1-5-16-8-9-21-22(12-16)26(30-14-18(28)7-3)24-20-11-10-19(15(20)4)23(24)25(21)29-13-17(27)6-2/h8-9,12,15,17-20,27-28H,5-7,10-11,13-14H2,1-4H3. The van der Waals surface area contributed by atoms with Crippen molar-refractivity contribution in [1.82, 2.24) is 0 Å². The van der Waals surface area contributed by atoms with Crippen molar-refractivity contribution in [2.45, 2.75) is 83.8 Å². The molecule has 0 heterocycles. The second-order valence-corrected chi connectivity index (χ2v) is 9.11. The number of ether oxygens (including phenoxy) is 2. The predicted molar refractivity (Wildman–Crippen MR) is 121 cm³/mol. The molecule has 2 aliphatic carbocycles. The number of fused-ring (bicyclic) bond motifs is 6. The molecule has 0 saturated heterocycles. The highest BCUT2D eigenvalue weighted by molar-refractivity contribution is 5.97. The summed E-state index contributed by atoms with van der Waals surface area (Å²) in [5, 5.41) is 22.5. The Bertz CT molecular complexity index is 906. The van der Waals surface area contributed by atoms with Crippen LogP contribution in [0.25, 0.3) is 10.8 Å². The van der Waals surface area contributed by atoms with Crippen molar-refractivity contribution in [2.75, 3.05) is 13.2 Å². The Morgan fingerprint density at radius 2 is 1.40 bits per heavy atom. The molecule has 2 aliphatic rings. The third-order valence-corrected chi connectivity index (χ3v) is 7.34. The molecule has 1 saturated carbocycles. The van der Waals surface area contributed by atoms with Crippen molar-refractivity contribution >= 4 is 10.8 Å². The summed E-state index contributed by atoms with van der Waals surface area (Å²) < 4.78 is 12.7. The third-order valence-electron chi connectivity index (χ3n) is 7.34. The molecule has 2 N–H and O–H groups in total. The minimum absolute atomic E-state index is 0.314. The molecule has 30 heavy (non-hydrogen) atoms. The maximum absolute atomic E-state index is 10.2. The average Bonchev–Trinajstić information content (AvgIpc) is 3.27. The smallest absolute Gasteiger partial charge is 0.131 e. The first-order valence-corrected chi connectivity index (χ1v) is 11.7. The van der Waals surface area contributed by atoms with Crippen molar-refractivity contribution in [3.63, 3.8) is 0 Å². The monoisotopic (exact) mass is 412 g/mol. The number of aliphatic hydroxyl groups excluding tert-OH is 2. The van der Waals surface area contributed by atoms with Crippen LogP contribution >= 0.6 is 0 Å². The second kappa shape index (κ2) is 8.76. The van der Waals surface area contributed by atoms with Gasteiger partial charge in [0.1, 0.15) is 24.7 Å². The second-order valence-electron chi connectivity index (χ2n) is 9.11. The largest absolute Gasteiger partial charge is 0.490 e. The zero-order valence-corrected chi connectivity index (χ0v) is 18.8. The summed E-state index contributed by atoms with van der Waals surface area (Å²) in [5.41, 5.74) is 3.85. The predicted octanol–water partition coefficient (Wildman–Crippen LogP) is 5.31. The maximum atomic E-state index is 10.2. The van der Waals surface area contributed by atoms with Gasteiger partial charge >= 0.3 is 0 Å². The van der Waals surface area contributed by atoms with E-state index in [1.54, 1.807) is 0 Å². The fraction of sp³-hybridized carbons (Fsp3) is 0.615.